The van der Waals surface area contributed by atoms with Gasteiger partial charge >= 0.3 is 17.9 Å². The fourth-order valence-corrected chi connectivity index (χ4v) is 5.31. The molecule has 0 fully saturated rings. The first-order valence-corrected chi connectivity index (χ1v) is 19.9. The molecule has 57 heavy (non-hydrogen) atoms. The maximum absolute atomic E-state index is 12.4. The van der Waals surface area contributed by atoms with E-state index in [2.05, 4.69) is 21.3 Å². The van der Waals surface area contributed by atoms with Crippen molar-refractivity contribution in [1.29, 1.82) is 0 Å². The van der Waals surface area contributed by atoms with Gasteiger partial charge in [-0.05, 0) is 25.7 Å². The molecule has 19 nitrogen and oxygen atoms in total. The molecule has 0 bridgehead atoms. The summed E-state index contributed by atoms with van der Waals surface area (Å²) in [7, 11) is 0. The Morgan fingerprint density at radius 1 is 0.456 bits per heavy atom. The zero-order valence-electron chi connectivity index (χ0n) is 33.2. The summed E-state index contributed by atoms with van der Waals surface area (Å²) in [6.07, 6.45) is 12.8. The van der Waals surface area contributed by atoms with Gasteiger partial charge in [-0.3, -0.25) is 28.8 Å². The van der Waals surface area contributed by atoms with Gasteiger partial charge in [0, 0.05) is 38.8 Å². The lowest BCUT2D eigenvalue weighted by Crippen LogP contribution is -2.44. The largest absolute Gasteiger partial charge is 0.481 e. The second-order valence-corrected chi connectivity index (χ2v) is 13.3. The Bertz CT molecular complexity index is 1160. The molecule has 1 radical (unpaired) electrons. The van der Waals surface area contributed by atoms with Crippen LogP contribution >= 0.6 is 0 Å². The first-order chi connectivity index (χ1) is 27.5. The fourth-order valence-electron chi connectivity index (χ4n) is 5.31. The van der Waals surface area contributed by atoms with Crippen LogP contribution in [0.2, 0.25) is 0 Å². The third-order valence-corrected chi connectivity index (χ3v) is 8.41. The first kappa shape index (κ1) is 52.8. The van der Waals surface area contributed by atoms with Crippen molar-refractivity contribution in [2.75, 3.05) is 65.9 Å². The number of carbonyl (C=O) groups excluding carboxylic acids is 5. The monoisotopic (exact) mass is 817 g/mol. The average molecular weight is 818 g/mol. The Hall–Kier alpha value is -4.20. The van der Waals surface area contributed by atoms with Gasteiger partial charge in [0.2, 0.25) is 29.9 Å². The van der Waals surface area contributed by atoms with Crippen molar-refractivity contribution in [3.63, 3.8) is 0 Å². The summed E-state index contributed by atoms with van der Waals surface area (Å²) >= 11 is 0. The van der Waals surface area contributed by atoms with Crippen LogP contribution in [0.25, 0.3) is 0 Å². The van der Waals surface area contributed by atoms with E-state index >= 15 is 0 Å². The minimum atomic E-state index is -1.38. The van der Waals surface area contributed by atoms with Crippen LogP contribution in [0.15, 0.2) is 0 Å². The molecular weight excluding hydrogens is 752 g/mol. The summed E-state index contributed by atoms with van der Waals surface area (Å²) in [4.78, 5) is 92.5. The molecule has 0 aliphatic rings. The quantitative estimate of drug-likeness (QED) is 0.0432. The minimum Gasteiger partial charge on any atom is -0.481 e. The molecule has 0 aliphatic heterocycles. The predicted octanol–water partition coefficient (Wildman–Crippen LogP) is 1.64. The topological polar surface area (TPSA) is 282 Å². The number of aliphatic carboxylic acids is 3. The lowest BCUT2D eigenvalue weighted by Gasteiger charge is -2.17. The zero-order chi connectivity index (χ0) is 42.4. The summed E-state index contributed by atoms with van der Waals surface area (Å²) in [5.41, 5.74) is 0. The highest BCUT2D eigenvalue weighted by Crippen LogP contribution is 2.13. The van der Waals surface area contributed by atoms with E-state index in [1.165, 1.54) is 0 Å². The van der Waals surface area contributed by atoms with Crippen LogP contribution in [0.4, 0.5) is 0 Å². The van der Waals surface area contributed by atoms with Gasteiger partial charge in [0.05, 0.1) is 39.6 Å². The van der Waals surface area contributed by atoms with Crippen LogP contribution < -0.4 is 21.3 Å². The molecule has 0 aromatic heterocycles. The van der Waals surface area contributed by atoms with Crippen LogP contribution in [0, 0.1) is 0 Å². The molecule has 0 saturated carbocycles. The summed E-state index contributed by atoms with van der Waals surface area (Å²) in [6, 6.07) is -2.69. The molecule has 7 N–H and O–H groups in total. The van der Waals surface area contributed by atoms with Crippen molar-refractivity contribution in [2.24, 2.45) is 0 Å². The van der Waals surface area contributed by atoms with Crippen LogP contribution in [0.5, 0.6) is 0 Å². The molecule has 0 rings (SSSR count). The molecule has 0 saturated heterocycles. The molecule has 327 valence electrons. The maximum Gasteiger partial charge on any atom is 0.326 e. The second kappa shape index (κ2) is 37.4. The van der Waals surface area contributed by atoms with Gasteiger partial charge in [0.15, 0.2) is 0 Å². The third-order valence-electron chi connectivity index (χ3n) is 8.41. The molecule has 0 aromatic carbocycles. The van der Waals surface area contributed by atoms with Crippen LogP contribution in [-0.4, -0.2) is 141 Å². The summed E-state index contributed by atoms with van der Waals surface area (Å²) in [5.74, 6) is -5.38. The minimum absolute atomic E-state index is 0.117. The lowest BCUT2D eigenvalue weighted by atomic mass is 10.0. The molecule has 19 heteroatoms. The number of carbonyl (C=O) groups is 7. The highest BCUT2D eigenvalue weighted by molar-refractivity contribution is 5.86. The van der Waals surface area contributed by atoms with E-state index in [0.29, 0.717) is 6.42 Å². The second-order valence-electron chi connectivity index (χ2n) is 13.3. The number of unbranched alkanes of at least 4 members (excludes halogenated alkanes) is 11. The molecular formula is C38H65N4O15. The molecule has 0 heterocycles. The Balaban J connectivity index is 4.02. The van der Waals surface area contributed by atoms with Crippen molar-refractivity contribution >= 4 is 47.8 Å². The van der Waals surface area contributed by atoms with E-state index in [4.69, 9.17) is 24.1 Å². The molecule has 0 aliphatic carbocycles. The van der Waals surface area contributed by atoms with Gasteiger partial charge in [0.25, 0.3) is 0 Å². The van der Waals surface area contributed by atoms with Crippen molar-refractivity contribution in [1.82, 2.24) is 21.3 Å². The Labute approximate surface area is 335 Å². The van der Waals surface area contributed by atoms with E-state index in [9.17, 15) is 48.6 Å². The van der Waals surface area contributed by atoms with Crippen molar-refractivity contribution < 1.29 is 72.6 Å². The maximum atomic E-state index is 12.4. The van der Waals surface area contributed by atoms with Crippen LogP contribution in [0.1, 0.15) is 116 Å². The van der Waals surface area contributed by atoms with Gasteiger partial charge in [-0.25, -0.2) is 9.59 Å². The van der Waals surface area contributed by atoms with Crippen molar-refractivity contribution in [3.8, 4) is 0 Å². The molecule has 0 aromatic rings. The summed E-state index contributed by atoms with van der Waals surface area (Å²) in [6.45, 7) is 1.34. The van der Waals surface area contributed by atoms with Gasteiger partial charge in [0.1, 0.15) is 25.3 Å². The number of amides is 4. The number of hydrogen-bond acceptors (Lipinski definition) is 12. The number of ether oxygens (including phenoxy) is 4. The van der Waals surface area contributed by atoms with Gasteiger partial charge in [-0.2, -0.15) is 0 Å². The molecule has 4 amide bonds. The lowest BCUT2D eigenvalue weighted by molar-refractivity contribution is -0.143. The number of rotatable bonds is 41. The average Bonchev–Trinajstić information content (AvgIpc) is 3.16. The van der Waals surface area contributed by atoms with E-state index in [1.807, 2.05) is 0 Å². The standard InChI is InChI=1S/C38H65N4O15/c43-21-24-56-26-25-54-23-20-40-35(47)29-57-28-27-55-22-19-39-32(44)17-15-30(37(50)51)42-34(46)18-16-31(38(52)53)41-33(45)13-11-9-7-5-3-1-2-4-6-8-10-12-14-36(48)49/h30-31H,1-20,22-29H2,(H,39,44)(H,40,47)(H,41,45)(H,42,46)(H,48,49)(H,50,51)(H,52,53)/t30-,31-/m0/s1. The highest BCUT2D eigenvalue weighted by atomic mass is 16.5. The van der Waals surface area contributed by atoms with Gasteiger partial charge < -0.3 is 55.5 Å². The van der Waals surface area contributed by atoms with E-state index in [1.54, 1.807) is 6.29 Å². The van der Waals surface area contributed by atoms with Gasteiger partial charge in [-0.1, -0.05) is 64.2 Å². The van der Waals surface area contributed by atoms with Gasteiger partial charge in [-0.15, -0.1) is 0 Å². The Morgan fingerprint density at radius 2 is 0.860 bits per heavy atom. The zero-order valence-corrected chi connectivity index (χ0v) is 33.2. The predicted molar refractivity (Wildman–Crippen MR) is 205 cm³/mol. The highest BCUT2D eigenvalue weighted by Gasteiger charge is 2.24. The van der Waals surface area contributed by atoms with E-state index < -0.39 is 47.7 Å². The normalized spacial score (nSPS) is 11.9. The first-order valence-electron chi connectivity index (χ1n) is 19.9. The Kier molecular flexibility index (Phi) is 34.6. The van der Waals surface area contributed by atoms with E-state index in [0.717, 1.165) is 70.6 Å². The number of carboxylic acids is 3. The van der Waals surface area contributed by atoms with Crippen molar-refractivity contribution in [2.45, 2.75) is 128 Å². The smallest absolute Gasteiger partial charge is 0.326 e. The summed E-state index contributed by atoms with van der Waals surface area (Å²) < 4.78 is 20.6. The van der Waals surface area contributed by atoms with Crippen LogP contribution in [0.3, 0.4) is 0 Å². The SMILES string of the molecule is O=[C]COCCOCCNC(=O)COCCOCCNC(=O)CC[C@H](NC(=O)CC[C@H](NC(=O)CCCCCCCCCCCCCCC(=O)O)C(=O)O)C(=O)O. The van der Waals surface area contributed by atoms with Crippen LogP contribution in [-0.2, 0) is 57.3 Å². The summed E-state index contributed by atoms with van der Waals surface area (Å²) in [5, 5.41) is 37.6. The van der Waals surface area contributed by atoms with E-state index in [-0.39, 0.29) is 110 Å². The molecule has 0 spiro atoms. The number of nitrogens with one attached hydrogen (secondary N) is 4. The number of carboxylic acid groups (broad SMARTS) is 3. The third kappa shape index (κ3) is 35.9. The molecule has 2 atom stereocenters. The number of hydrogen-bond donors (Lipinski definition) is 7. The van der Waals surface area contributed by atoms with Crippen molar-refractivity contribution in [3.05, 3.63) is 0 Å². The molecule has 0 unspecified atom stereocenters. The fraction of sp³-hybridized carbons (Fsp3) is 0.789. The Morgan fingerprint density at radius 3 is 1.33 bits per heavy atom.